The van der Waals surface area contributed by atoms with Gasteiger partial charge in [-0.3, -0.25) is 4.79 Å². The number of piperidine rings is 1. The molecule has 3 heteroatoms. The molecule has 1 aliphatic rings. The van der Waals surface area contributed by atoms with Gasteiger partial charge in [0, 0.05) is 23.5 Å². The van der Waals surface area contributed by atoms with E-state index in [0.717, 1.165) is 12.8 Å². The zero-order valence-electron chi connectivity index (χ0n) is 10.6. The molecule has 0 radical (unpaired) electrons. The summed E-state index contributed by atoms with van der Waals surface area (Å²) in [6.45, 7) is 10.2. The normalized spacial score (nSPS) is 28.7. The van der Waals surface area contributed by atoms with Gasteiger partial charge in [0.05, 0.1) is 0 Å². The third-order valence-corrected chi connectivity index (χ3v) is 3.30. The van der Waals surface area contributed by atoms with Crippen LogP contribution in [0.1, 0.15) is 47.5 Å². The summed E-state index contributed by atoms with van der Waals surface area (Å²) in [6, 6.07) is 0.425. The Balaban J connectivity index is 2.93. The molecule has 1 heterocycles. The van der Waals surface area contributed by atoms with Crippen LogP contribution in [0.5, 0.6) is 0 Å². The second-order valence-corrected chi connectivity index (χ2v) is 5.65. The fourth-order valence-corrected chi connectivity index (χ4v) is 2.42. The largest absolute Gasteiger partial charge is 0.335 e. The van der Waals surface area contributed by atoms with Crippen molar-refractivity contribution in [3.05, 3.63) is 0 Å². The van der Waals surface area contributed by atoms with Crippen LogP contribution >= 0.6 is 0 Å². The molecule has 1 aliphatic heterocycles. The Morgan fingerprint density at radius 2 is 1.93 bits per heavy atom. The highest BCUT2D eigenvalue weighted by Gasteiger charge is 2.40. The van der Waals surface area contributed by atoms with E-state index >= 15 is 0 Å². The molecule has 1 rings (SSSR count). The third kappa shape index (κ3) is 2.51. The van der Waals surface area contributed by atoms with E-state index in [1.807, 2.05) is 25.7 Å². The molecule has 0 aliphatic carbocycles. The molecule has 0 spiro atoms. The van der Waals surface area contributed by atoms with Crippen molar-refractivity contribution in [3.63, 3.8) is 0 Å². The number of nitrogens with two attached hydrogens (primary N) is 1. The number of rotatable bonds is 2. The van der Waals surface area contributed by atoms with Gasteiger partial charge in [-0.25, -0.2) is 0 Å². The van der Waals surface area contributed by atoms with Crippen molar-refractivity contribution in [1.82, 2.24) is 4.90 Å². The van der Waals surface area contributed by atoms with Crippen LogP contribution in [0.3, 0.4) is 0 Å². The molecule has 2 atom stereocenters. The monoisotopic (exact) mass is 212 g/mol. The van der Waals surface area contributed by atoms with Gasteiger partial charge in [-0.2, -0.15) is 0 Å². The summed E-state index contributed by atoms with van der Waals surface area (Å²) in [5, 5.41) is 0. The van der Waals surface area contributed by atoms with Gasteiger partial charge < -0.3 is 10.6 Å². The smallest absolute Gasteiger partial charge is 0.225 e. The average molecular weight is 212 g/mol. The Morgan fingerprint density at radius 3 is 2.33 bits per heavy atom. The number of carbonyl (C=O) groups excluding carboxylic acids is 1. The van der Waals surface area contributed by atoms with E-state index in [9.17, 15) is 4.79 Å². The maximum Gasteiger partial charge on any atom is 0.225 e. The lowest BCUT2D eigenvalue weighted by Crippen LogP contribution is -2.61. The van der Waals surface area contributed by atoms with Crippen LogP contribution < -0.4 is 5.73 Å². The molecule has 0 saturated carbocycles. The van der Waals surface area contributed by atoms with E-state index in [1.54, 1.807) is 0 Å². The summed E-state index contributed by atoms with van der Waals surface area (Å²) in [5.74, 6) is 0.422. The number of carbonyl (C=O) groups is 1. The molecule has 3 nitrogen and oxygen atoms in total. The van der Waals surface area contributed by atoms with Crippen LogP contribution in [0.15, 0.2) is 0 Å². The summed E-state index contributed by atoms with van der Waals surface area (Å²) < 4.78 is 0. The highest BCUT2D eigenvalue weighted by atomic mass is 16.2. The standard InChI is InChI=1S/C12H24N2O/c1-8(2)14-10(12(4,5)13)7-6-9(3)11(14)15/h8-10H,6-7,13H2,1-5H3/t9?,10-/m0/s1. The second-order valence-electron chi connectivity index (χ2n) is 5.65. The van der Waals surface area contributed by atoms with Crippen molar-refractivity contribution < 1.29 is 4.79 Å². The highest BCUT2D eigenvalue weighted by Crippen LogP contribution is 2.30. The summed E-state index contributed by atoms with van der Waals surface area (Å²) in [5.41, 5.74) is 5.85. The lowest BCUT2D eigenvalue weighted by atomic mass is 9.82. The minimum atomic E-state index is -0.305. The van der Waals surface area contributed by atoms with Gasteiger partial charge in [-0.15, -0.1) is 0 Å². The van der Waals surface area contributed by atoms with Crippen molar-refractivity contribution in [2.75, 3.05) is 0 Å². The Bertz CT molecular complexity index is 242. The van der Waals surface area contributed by atoms with Gasteiger partial charge in [-0.1, -0.05) is 6.92 Å². The summed E-state index contributed by atoms with van der Waals surface area (Å²) in [6.07, 6.45) is 1.99. The maximum atomic E-state index is 12.1. The van der Waals surface area contributed by atoms with Crippen LogP contribution in [-0.2, 0) is 4.79 Å². The molecule has 0 bridgehead atoms. The zero-order chi connectivity index (χ0) is 11.8. The Hall–Kier alpha value is -0.570. The number of hydrogen-bond donors (Lipinski definition) is 1. The molecule has 1 amide bonds. The van der Waals surface area contributed by atoms with Gasteiger partial charge in [0.15, 0.2) is 0 Å². The molecule has 1 fully saturated rings. The quantitative estimate of drug-likeness (QED) is 0.758. The molecule has 2 N–H and O–H groups in total. The van der Waals surface area contributed by atoms with Gasteiger partial charge in [0.1, 0.15) is 0 Å². The molecule has 1 unspecified atom stereocenters. The van der Waals surface area contributed by atoms with Crippen LogP contribution in [0.25, 0.3) is 0 Å². The fourth-order valence-electron chi connectivity index (χ4n) is 2.42. The van der Waals surface area contributed by atoms with Crippen LogP contribution in [-0.4, -0.2) is 28.4 Å². The van der Waals surface area contributed by atoms with E-state index in [4.69, 9.17) is 5.73 Å². The molecular weight excluding hydrogens is 188 g/mol. The van der Waals surface area contributed by atoms with E-state index in [-0.39, 0.29) is 29.4 Å². The Labute approximate surface area is 93.0 Å². The molecule has 1 saturated heterocycles. The first-order valence-corrected chi connectivity index (χ1v) is 5.86. The molecular formula is C12H24N2O. The van der Waals surface area contributed by atoms with E-state index in [1.165, 1.54) is 0 Å². The van der Waals surface area contributed by atoms with Crippen LogP contribution in [0, 0.1) is 5.92 Å². The maximum absolute atomic E-state index is 12.1. The SMILES string of the molecule is CC1CC[C@@H](C(C)(C)N)N(C(C)C)C1=O. The van der Waals surface area contributed by atoms with Crippen molar-refractivity contribution in [2.45, 2.75) is 65.1 Å². The van der Waals surface area contributed by atoms with Crippen LogP contribution in [0.4, 0.5) is 0 Å². The minimum absolute atomic E-state index is 0.158. The summed E-state index contributed by atoms with van der Waals surface area (Å²) in [7, 11) is 0. The Morgan fingerprint density at radius 1 is 1.40 bits per heavy atom. The second kappa shape index (κ2) is 4.12. The van der Waals surface area contributed by atoms with E-state index in [0.29, 0.717) is 0 Å². The number of nitrogens with zero attached hydrogens (tertiary/aromatic N) is 1. The van der Waals surface area contributed by atoms with Crippen molar-refractivity contribution in [1.29, 1.82) is 0 Å². The van der Waals surface area contributed by atoms with E-state index < -0.39 is 0 Å². The first-order valence-electron chi connectivity index (χ1n) is 5.86. The average Bonchev–Trinajstić information content (AvgIpc) is 2.06. The lowest BCUT2D eigenvalue weighted by molar-refractivity contribution is -0.145. The van der Waals surface area contributed by atoms with Gasteiger partial charge in [0.2, 0.25) is 5.91 Å². The Kier molecular flexibility index (Phi) is 3.44. The van der Waals surface area contributed by atoms with Crippen molar-refractivity contribution in [2.24, 2.45) is 11.7 Å². The predicted octanol–water partition coefficient (Wildman–Crippen LogP) is 1.76. The van der Waals surface area contributed by atoms with Gasteiger partial charge in [-0.05, 0) is 40.5 Å². The topological polar surface area (TPSA) is 46.3 Å². The molecule has 88 valence electrons. The third-order valence-electron chi connectivity index (χ3n) is 3.30. The molecule has 0 aromatic carbocycles. The zero-order valence-corrected chi connectivity index (χ0v) is 10.6. The van der Waals surface area contributed by atoms with E-state index in [2.05, 4.69) is 13.8 Å². The molecule has 15 heavy (non-hydrogen) atoms. The summed E-state index contributed by atoms with van der Waals surface area (Å²) >= 11 is 0. The van der Waals surface area contributed by atoms with Crippen LogP contribution in [0.2, 0.25) is 0 Å². The van der Waals surface area contributed by atoms with Crippen molar-refractivity contribution >= 4 is 5.91 Å². The summed E-state index contributed by atoms with van der Waals surface area (Å²) in [4.78, 5) is 14.1. The minimum Gasteiger partial charge on any atom is -0.335 e. The lowest BCUT2D eigenvalue weighted by Gasteiger charge is -2.47. The number of hydrogen-bond acceptors (Lipinski definition) is 2. The molecule has 0 aromatic heterocycles. The first-order chi connectivity index (χ1) is 6.75. The number of likely N-dealkylation sites (tertiary alicyclic amines) is 1. The molecule has 0 aromatic rings. The van der Waals surface area contributed by atoms with Crippen molar-refractivity contribution in [3.8, 4) is 0 Å². The fraction of sp³-hybridized carbons (Fsp3) is 0.917. The predicted molar refractivity (Wildman–Crippen MR) is 62.4 cm³/mol. The van der Waals surface area contributed by atoms with Gasteiger partial charge >= 0.3 is 0 Å². The number of amides is 1. The first kappa shape index (κ1) is 12.5. The highest BCUT2D eigenvalue weighted by molar-refractivity contribution is 5.80. The van der Waals surface area contributed by atoms with Gasteiger partial charge in [0.25, 0.3) is 0 Å².